The average molecular weight is 345 g/mol. The first-order valence-corrected chi connectivity index (χ1v) is 7.31. The number of nitrogens with zero attached hydrogens (tertiary/aromatic N) is 1. The summed E-state index contributed by atoms with van der Waals surface area (Å²) in [5, 5.41) is 4.22. The second-order valence-electron chi connectivity index (χ2n) is 3.99. The Morgan fingerprint density at radius 2 is 2.05 bits per heavy atom. The fourth-order valence-corrected chi connectivity index (χ4v) is 2.87. The molecule has 21 heavy (non-hydrogen) atoms. The summed E-state index contributed by atoms with van der Waals surface area (Å²) in [6.07, 6.45) is 0. The number of esters is 1. The Hall–Kier alpha value is -1.63. The number of aromatic nitrogens is 1. The number of hydrogen-bond donors (Lipinski definition) is 1. The monoisotopic (exact) mass is 344 g/mol. The quantitative estimate of drug-likeness (QED) is 0.665. The molecule has 0 aliphatic rings. The number of halogens is 2. The van der Waals surface area contributed by atoms with Crippen LogP contribution < -0.4 is 5.32 Å². The number of carbonyl (C=O) groups is 2. The Morgan fingerprint density at radius 1 is 1.33 bits per heavy atom. The van der Waals surface area contributed by atoms with E-state index in [-0.39, 0.29) is 16.4 Å². The van der Waals surface area contributed by atoms with Crippen molar-refractivity contribution in [1.82, 2.24) is 4.98 Å². The van der Waals surface area contributed by atoms with Crippen molar-refractivity contribution in [1.29, 1.82) is 0 Å². The molecule has 0 fully saturated rings. The molecule has 1 heterocycles. The standard InChI is InChI=1S/C13H10Cl2N2O3S/c1-6(18)11-10(12(19)20-2)17-13(21-11)16-9-4-3-7(14)5-8(9)15/h3-5H,1-2H3,(H,16,17). The summed E-state index contributed by atoms with van der Waals surface area (Å²) in [5.74, 6) is -0.921. The summed E-state index contributed by atoms with van der Waals surface area (Å²) < 4.78 is 4.61. The van der Waals surface area contributed by atoms with Gasteiger partial charge in [-0.05, 0) is 18.2 Å². The molecule has 1 aromatic carbocycles. The van der Waals surface area contributed by atoms with Crippen molar-refractivity contribution in [2.75, 3.05) is 12.4 Å². The molecule has 0 spiro atoms. The minimum atomic E-state index is -0.660. The van der Waals surface area contributed by atoms with Gasteiger partial charge in [-0.15, -0.1) is 0 Å². The molecular formula is C13H10Cl2N2O3S. The van der Waals surface area contributed by atoms with Crippen molar-refractivity contribution >= 4 is 57.1 Å². The van der Waals surface area contributed by atoms with Gasteiger partial charge in [-0.2, -0.15) is 0 Å². The summed E-state index contributed by atoms with van der Waals surface area (Å²) in [5.41, 5.74) is 0.559. The van der Waals surface area contributed by atoms with Crippen LogP contribution in [0.3, 0.4) is 0 Å². The van der Waals surface area contributed by atoms with Crippen molar-refractivity contribution < 1.29 is 14.3 Å². The third-order valence-electron chi connectivity index (χ3n) is 2.50. The zero-order valence-electron chi connectivity index (χ0n) is 11.1. The number of ether oxygens (including phenoxy) is 1. The number of hydrogen-bond acceptors (Lipinski definition) is 6. The lowest BCUT2D eigenvalue weighted by Crippen LogP contribution is -2.07. The molecule has 0 unspecified atom stereocenters. The third-order valence-corrected chi connectivity index (χ3v) is 4.12. The molecule has 0 bridgehead atoms. The van der Waals surface area contributed by atoms with Gasteiger partial charge in [-0.25, -0.2) is 9.78 Å². The van der Waals surface area contributed by atoms with Crippen LogP contribution in [0, 0.1) is 0 Å². The third kappa shape index (κ3) is 3.53. The van der Waals surface area contributed by atoms with Gasteiger partial charge in [-0.3, -0.25) is 4.79 Å². The van der Waals surface area contributed by atoms with Crippen LogP contribution >= 0.6 is 34.5 Å². The van der Waals surface area contributed by atoms with Gasteiger partial charge < -0.3 is 10.1 Å². The molecule has 0 radical (unpaired) electrons. The maximum Gasteiger partial charge on any atom is 0.358 e. The Balaban J connectivity index is 2.37. The molecule has 0 aliphatic carbocycles. The number of thiazole rings is 1. The lowest BCUT2D eigenvalue weighted by atomic mass is 10.3. The van der Waals surface area contributed by atoms with Crippen molar-refractivity contribution in [3.63, 3.8) is 0 Å². The predicted octanol–water partition coefficient (Wildman–Crippen LogP) is 4.18. The highest BCUT2D eigenvalue weighted by molar-refractivity contribution is 7.17. The minimum absolute atomic E-state index is 0.0115. The first kappa shape index (κ1) is 15.8. The molecule has 0 saturated carbocycles. The van der Waals surface area contributed by atoms with E-state index in [1.54, 1.807) is 18.2 Å². The van der Waals surface area contributed by atoms with E-state index in [1.807, 2.05) is 0 Å². The molecule has 8 heteroatoms. The van der Waals surface area contributed by atoms with E-state index in [4.69, 9.17) is 23.2 Å². The van der Waals surface area contributed by atoms with Crippen molar-refractivity contribution in [3.05, 3.63) is 38.8 Å². The fourth-order valence-electron chi connectivity index (χ4n) is 1.55. The van der Waals surface area contributed by atoms with Gasteiger partial charge in [0.05, 0.1) is 17.8 Å². The zero-order chi connectivity index (χ0) is 15.6. The van der Waals surface area contributed by atoms with E-state index >= 15 is 0 Å². The molecule has 110 valence electrons. The molecule has 1 N–H and O–H groups in total. The Labute approximate surface area is 134 Å². The number of anilines is 2. The van der Waals surface area contributed by atoms with E-state index in [0.717, 1.165) is 11.3 Å². The Kier molecular flexibility index (Phi) is 4.82. The van der Waals surface area contributed by atoms with Crippen LogP contribution in [0.4, 0.5) is 10.8 Å². The SMILES string of the molecule is COC(=O)c1nc(Nc2ccc(Cl)cc2Cl)sc1C(C)=O. The van der Waals surface area contributed by atoms with Crippen molar-refractivity contribution in [3.8, 4) is 0 Å². The molecule has 5 nitrogen and oxygen atoms in total. The molecule has 2 rings (SSSR count). The maximum absolute atomic E-state index is 11.6. The number of nitrogens with one attached hydrogen (secondary N) is 1. The van der Waals surface area contributed by atoms with E-state index in [1.165, 1.54) is 14.0 Å². The molecule has 1 aromatic heterocycles. The van der Waals surface area contributed by atoms with E-state index in [9.17, 15) is 9.59 Å². The van der Waals surface area contributed by atoms with Crippen molar-refractivity contribution in [2.24, 2.45) is 0 Å². The topological polar surface area (TPSA) is 68.3 Å². The molecule has 0 aliphatic heterocycles. The first-order chi connectivity index (χ1) is 9.92. The highest BCUT2D eigenvalue weighted by Gasteiger charge is 2.22. The molecular weight excluding hydrogens is 335 g/mol. The summed E-state index contributed by atoms with van der Waals surface area (Å²) in [4.78, 5) is 27.5. The van der Waals surface area contributed by atoms with Crippen LogP contribution in [0.15, 0.2) is 18.2 Å². The van der Waals surface area contributed by atoms with Crippen LogP contribution in [-0.2, 0) is 4.74 Å². The van der Waals surface area contributed by atoms with Gasteiger partial charge in [0.25, 0.3) is 0 Å². The molecule has 0 amide bonds. The first-order valence-electron chi connectivity index (χ1n) is 5.74. The number of benzene rings is 1. The van der Waals surface area contributed by atoms with Crippen LogP contribution in [0.25, 0.3) is 0 Å². The number of methoxy groups -OCH3 is 1. The lowest BCUT2D eigenvalue weighted by Gasteiger charge is -2.04. The predicted molar refractivity (Wildman–Crippen MR) is 83.2 cm³/mol. The summed E-state index contributed by atoms with van der Waals surface area (Å²) in [7, 11) is 1.23. The van der Waals surface area contributed by atoms with Crippen LogP contribution in [-0.4, -0.2) is 23.8 Å². The van der Waals surface area contributed by atoms with Crippen LogP contribution in [0.2, 0.25) is 10.0 Å². The van der Waals surface area contributed by atoms with Gasteiger partial charge in [0.2, 0.25) is 0 Å². The van der Waals surface area contributed by atoms with E-state index in [2.05, 4.69) is 15.0 Å². The van der Waals surface area contributed by atoms with E-state index in [0.29, 0.717) is 20.9 Å². The summed E-state index contributed by atoms with van der Waals surface area (Å²) >= 11 is 12.9. The van der Waals surface area contributed by atoms with Crippen LogP contribution in [0.1, 0.15) is 27.1 Å². The number of carbonyl (C=O) groups excluding carboxylic acids is 2. The fraction of sp³-hybridized carbons (Fsp3) is 0.154. The highest BCUT2D eigenvalue weighted by atomic mass is 35.5. The molecule has 2 aromatic rings. The molecule has 0 atom stereocenters. The van der Waals surface area contributed by atoms with Gasteiger partial charge >= 0.3 is 5.97 Å². The van der Waals surface area contributed by atoms with Gasteiger partial charge in [-0.1, -0.05) is 34.5 Å². The second kappa shape index (κ2) is 6.43. The second-order valence-corrected chi connectivity index (χ2v) is 5.84. The van der Waals surface area contributed by atoms with Gasteiger partial charge in [0, 0.05) is 11.9 Å². The largest absolute Gasteiger partial charge is 0.464 e. The smallest absolute Gasteiger partial charge is 0.358 e. The average Bonchev–Trinajstić information content (AvgIpc) is 2.85. The Bertz CT molecular complexity index is 715. The van der Waals surface area contributed by atoms with Gasteiger partial charge in [0.15, 0.2) is 16.6 Å². The van der Waals surface area contributed by atoms with Gasteiger partial charge in [0.1, 0.15) is 4.88 Å². The molecule has 0 saturated heterocycles. The van der Waals surface area contributed by atoms with E-state index < -0.39 is 5.97 Å². The lowest BCUT2D eigenvalue weighted by molar-refractivity contribution is 0.0591. The summed E-state index contributed by atoms with van der Waals surface area (Å²) in [6.45, 7) is 1.36. The number of Topliss-reactive ketones (excluding diaryl/α,β-unsaturated/α-hetero) is 1. The van der Waals surface area contributed by atoms with Crippen LogP contribution in [0.5, 0.6) is 0 Å². The normalized spacial score (nSPS) is 10.3. The maximum atomic E-state index is 11.6. The van der Waals surface area contributed by atoms with Crippen molar-refractivity contribution in [2.45, 2.75) is 6.92 Å². The number of rotatable bonds is 4. The minimum Gasteiger partial charge on any atom is -0.464 e. The summed E-state index contributed by atoms with van der Waals surface area (Å²) in [6, 6.07) is 4.92. The Morgan fingerprint density at radius 3 is 2.62 bits per heavy atom. The number of ketones is 1. The highest BCUT2D eigenvalue weighted by Crippen LogP contribution is 2.31. The zero-order valence-corrected chi connectivity index (χ0v) is 13.4.